The highest BCUT2D eigenvalue weighted by atomic mass is 19.2. The first kappa shape index (κ1) is 11.8. The monoisotopic (exact) mass is 241 g/mol. The Labute approximate surface area is 97.9 Å². The summed E-state index contributed by atoms with van der Waals surface area (Å²) in [5, 5.41) is 2.42. The van der Waals surface area contributed by atoms with Crippen LogP contribution < -0.4 is 5.01 Å². The second-order valence-corrected chi connectivity index (χ2v) is 4.34. The average Bonchev–Trinajstić information content (AvgIpc) is 2.43. The molecule has 0 spiro atoms. The molecule has 1 aromatic rings. The predicted octanol–water partition coefficient (Wildman–Crippen LogP) is 2.54. The second kappa shape index (κ2) is 3.66. The standard InChI is InChI=1S/C11H13F2N3O/c1-11(2)14(3)15(10(17)16(11)13)9-7-5-4-6-8(9)12/h4-7H,1-3H3. The zero-order chi connectivity index (χ0) is 12.8. The molecule has 0 aromatic heterocycles. The zero-order valence-electron chi connectivity index (χ0n) is 9.82. The molecule has 0 unspecified atom stereocenters. The van der Waals surface area contributed by atoms with E-state index in [1.54, 1.807) is 6.07 Å². The smallest absolute Gasteiger partial charge is 0.244 e. The molecule has 0 radical (unpaired) electrons. The summed E-state index contributed by atoms with van der Waals surface area (Å²) in [6.07, 6.45) is 0. The molecule has 0 bridgehead atoms. The van der Waals surface area contributed by atoms with E-state index in [4.69, 9.17) is 0 Å². The minimum absolute atomic E-state index is 0.0354. The van der Waals surface area contributed by atoms with Crippen LogP contribution in [0.2, 0.25) is 0 Å². The lowest BCUT2D eigenvalue weighted by Gasteiger charge is -2.31. The van der Waals surface area contributed by atoms with Crippen LogP contribution in [0.3, 0.4) is 0 Å². The van der Waals surface area contributed by atoms with Crippen LogP contribution in [0.4, 0.5) is 19.4 Å². The van der Waals surface area contributed by atoms with Crippen LogP contribution in [0, 0.1) is 5.82 Å². The van der Waals surface area contributed by atoms with E-state index in [9.17, 15) is 13.7 Å². The van der Waals surface area contributed by atoms with E-state index >= 15 is 0 Å². The highest BCUT2D eigenvalue weighted by Crippen LogP contribution is 2.34. The van der Waals surface area contributed by atoms with Crippen LogP contribution in [0.25, 0.3) is 0 Å². The number of anilines is 1. The fraction of sp³-hybridized carbons (Fsp3) is 0.364. The van der Waals surface area contributed by atoms with Gasteiger partial charge in [-0.25, -0.2) is 14.2 Å². The van der Waals surface area contributed by atoms with Crippen molar-refractivity contribution in [2.75, 3.05) is 12.1 Å². The molecule has 2 rings (SSSR count). The Morgan fingerprint density at radius 2 is 1.82 bits per heavy atom. The summed E-state index contributed by atoms with van der Waals surface area (Å²) >= 11 is 0. The minimum Gasteiger partial charge on any atom is -0.244 e. The van der Waals surface area contributed by atoms with Crippen LogP contribution in [-0.4, -0.2) is 28.9 Å². The van der Waals surface area contributed by atoms with Gasteiger partial charge in [0.05, 0.1) is 5.69 Å². The molecular weight excluding hydrogens is 228 g/mol. The third-order valence-electron chi connectivity index (χ3n) is 3.00. The molecule has 1 aliphatic rings. The molecule has 1 heterocycles. The molecule has 1 fully saturated rings. The molecule has 92 valence electrons. The zero-order valence-corrected chi connectivity index (χ0v) is 9.82. The number of hydrogen-bond acceptors (Lipinski definition) is 2. The summed E-state index contributed by atoms with van der Waals surface area (Å²) in [7, 11) is 1.53. The van der Waals surface area contributed by atoms with Gasteiger partial charge < -0.3 is 0 Å². The number of rotatable bonds is 1. The molecule has 1 aromatic carbocycles. The predicted molar refractivity (Wildman–Crippen MR) is 59.1 cm³/mol. The Morgan fingerprint density at radius 1 is 1.24 bits per heavy atom. The first-order valence-electron chi connectivity index (χ1n) is 5.15. The second-order valence-electron chi connectivity index (χ2n) is 4.34. The van der Waals surface area contributed by atoms with Crippen LogP contribution in [0.5, 0.6) is 0 Å². The van der Waals surface area contributed by atoms with E-state index in [0.29, 0.717) is 0 Å². The van der Waals surface area contributed by atoms with E-state index in [2.05, 4.69) is 0 Å². The van der Waals surface area contributed by atoms with Crippen LogP contribution in [0.1, 0.15) is 13.8 Å². The van der Waals surface area contributed by atoms with Crippen molar-refractivity contribution in [3.05, 3.63) is 30.1 Å². The Morgan fingerprint density at radius 3 is 2.29 bits per heavy atom. The van der Waals surface area contributed by atoms with Crippen molar-refractivity contribution in [1.82, 2.24) is 10.1 Å². The lowest BCUT2D eigenvalue weighted by Crippen LogP contribution is -2.46. The summed E-state index contributed by atoms with van der Waals surface area (Å²) < 4.78 is 27.3. The first-order valence-corrected chi connectivity index (χ1v) is 5.15. The van der Waals surface area contributed by atoms with Gasteiger partial charge in [-0.2, -0.15) is 5.01 Å². The molecule has 2 amide bonds. The van der Waals surface area contributed by atoms with Gasteiger partial charge in [0.25, 0.3) is 0 Å². The summed E-state index contributed by atoms with van der Waals surface area (Å²) in [6, 6.07) is 4.86. The largest absolute Gasteiger partial charge is 0.369 e. The van der Waals surface area contributed by atoms with Crippen LogP contribution in [-0.2, 0) is 0 Å². The molecule has 6 heteroatoms. The maximum absolute atomic E-state index is 13.7. The highest BCUT2D eigenvalue weighted by molar-refractivity contribution is 5.93. The number of nitrogens with zero attached hydrogens (tertiary/aromatic N) is 3. The van der Waals surface area contributed by atoms with Crippen LogP contribution >= 0.6 is 0 Å². The third kappa shape index (κ3) is 1.56. The van der Waals surface area contributed by atoms with Crippen molar-refractivity contribution in [3.63, 3.8) is 0 Å². The number of carbonyl (C=O) groups excluding carboxylic acids is 1. The van der Waals surface area contributed by atoms with E-state index < -0.39 is 17.5 Å². The molecule has 0 aliphatic carbocycles. The lowest BCUT2D eigenvalue weighted by atomic mass is 10.2. The van der Waals surface area contributed by atoms with Gasteiger partial charge in [-0.05, 0) is 26.0 Å². The van der Waals surface area contributed by atoms with Crippen molar-refractivity contribution >= 4 is 11.7 Å². The number of benzene rings is 1. The van der Waals surface area contributed by atoms with E-state index in [1.807, 2.05) is 0 Å². The number of halogens is 2. The molecule has 4 nitrogen and oxygen atoms in total. The van der Waals surface area contributed by atoms with E-state index in [1.165, 1.54) is 44.1 Å². The quantitative estimate of drug-likeness (QED) is 0.706. The highest BCUT2D eigenvalue weighted by Gasteiger charge is 2.50. The number of urea groups is 1. The normalized spacial score (nSPS) is 20.2. The Kier molecular flexibility index (Phi) is 2.54. The van der Waals surface area contributed by atoms with E-state index in [-0.39, 0.29) is 10.8 Å². The summed E-state index contributed by atoms with van der Waals surface area (Å²) in [5.41, 5.74) is -1.10. The number of amides is 2. The van der Waals surface area contributed by atoms with Gasteiger partial charge in [0.15, 0.2) is 0 Å². The number of hydrogen-bond donors (Lipinski definition) is 0. The Balaban J connectivity index is 2.48. The van der Waals surface area contributed by atoms with Gasteiger partial charge in [-0.15, -0.1) is 5.12 Å². The van der Waals surface area contributed by atoms with Crippen molar-refractivity contribution in [2.45, 2.75) is 19.5 Å². The Hall–Kier alpha value is -1.69. The lowest BCUT2D eigenvalue weighted by molar-refractivity contribution is -0.0526. The summed E-state index contributed by atoms with van der Waals surface area (Å²) in [6.45, 7) is 3.07. The van der Waals surface area contributed by atoms with Crippen molar-refractivity contribution in [2.24, 2.45) is 0 Å². The third-order valence-corrected chi connectivity index (χ3v) is 3.00. The van der Waals surface area contributed by atoms with Gasteiger partial charge in [0, 0.05) is 7.05 Å². The molecule has 1 aliphatic heterocycles. The summed E-state index contributed by atoms with van der Waals surface area (Å²) in [5.74, 6) is -0.571. The topological polar surface area (TPSA) is 26.8 Å². The molecular formula is C11H13F2N3O. The molecule has 0 saturated carbocycles. The minimum atomic E-state index is -1.14. The number of hydrazine groups is 1. The van der Waals surface area contributed by atoms with Crippen molar-refractivity contribution < 1.29 is 13.7 Å². The molecule has 0 atom stereocenters. The first-order chi connectivity index (χ1) is 7.87. The maximum Gasteiger partial charge on any atom is 0.369 e. The van der Waals surface area contributed by atoms with Crippen LogP contribution in [0.15, 0.2) is 24.3 Å². The number of para-hydroxylation sites is 1. The molecule has 0 N–H and O–H groups in total. The van der Waals surface area contributed by atoms with Crippen molar-refractivity contribution in [1.29, 1.82) is 0 Å². The Bertz CT molecular complexity index is 464. The summed E-state index contributed by atoms with van der Waals surface area (Å²) in [4.78, 5) is 11.8. The van der Waals surface area contributed by atoms with Gasteiger partial charge in [-0.1, -0.05) is 16.6 Å². The molecule has 17 heavy (non-hydrogen) atoms. The number of carbonyl (C=O) groups is 1. The van der Waals surface area contributed by atoms with E-state index in [0.717, 1.165) is 5.01 Å². The van der Waals surface area contributed by atoms with Gasteiger partial charge in [-0.3, -0.25) is 0 Å². The van der Waals surface area contributed by atoms with Crippen molar-refractivity contribution in [3.8, 4) is 0 Å². The van der Waals surface area contributed by atoms with Gasteiger partial charge in [0.1, 0.15) is 11.5 Å². The average molecular weight is 241 g/mol. The van der Waals surface area contributed by atoms with Gasteiger partial charge in [0.2, 0.25) is 0 Å². The molecule has 1 saturated heterocycles. The fourth-order valence-corrected chi connectivity index (χ4v) is 1.71. The van der Waals surface area contributed by atoms with Gasteiger partial charge >= 0.3 is 6.03 Å². The maximum atomic E-state index is 13.7. The SMILES string of the molecule is CN1N(c2ccccc2F)C(=O)N(F)C1(C)C. The fourth-order valence-electron chi connectivity index (χ4n) is 1.71.